The molecule has 1 unspecified atom stereocenters. The van der Waals surface area contributed by atoms with Gasteiger partial charge in [-0.05, 0) is 35.9 Å². The highest BCUT2D eigenvalue weighted by Crippen LogP contribution is 2.38. The summed E-state index contributed by atoms with van der Waals surface area (Å²) < 4.78 is 10.9. The number of ether oxygens (including phenoxy) is 2. The van der Waals surface area contributed by atoms with Crippen molar-refractivity contribution in [2.45, 2.75) is 12.5 Å². The number of fused-ring (bicyclic) bond motifs is 1. The zero-order valence-corrected chi connectivity index (χ0v) is 16.5. The third-order valence-electron chi connectivity index (χ3n) is 4.88. The maximum atomic E-state index is 6.48. The summed E-state index contributed by atoms with van der Waals surface area (Å²) in [7, 11) is 3.29. The molecule has 0 fully saturated rings. The van der Waals surface area contributed by atoms with E-state index in [9.17, 15) is 0 Å². The number of rotatable bonds is 4. The second kappa shape index (κ2) is 7.95. The molecule has 0 aromatic heterocycles. The predicted molar refractivity (Wildman–Crippen MR) is 115 cm³/mol. The summed E-state index contributed by atoms with van der Waals surface area (Å²) >= 11 is 6.48. The van der Waals surface area contributed by atoms with E-state index >= 15 is 0 Å². The minimum Gasteiger partial charge on any atom is -0.493 e. The van der Waals surface area contributed by atoms with Gasteiger partial charge in [-0.2, -0.15) is 0 Å². The average Bonchev–Trinajstić information content (AvgIpc) is 2.93. The van der Waals surface area contributed by atoms with Gasteiger partial charge in [-0.1, -0.05) is 48.0 Å². The third-order valence-corrected chi connectivity index (χ3v) is 5.21. The first-order valence-electron chi connectivity index (χ1n) is 9.09. The van der Waals surface area contributed by atoms with Crippen molar-refractivity contribution in [1.82, 2.24) is 0 Å². The number of nitrogens with one attached hydrogen (secondary N) is 1. The Bertz CT molecular complexity index is 1030. The Balaban J connectivity index is 1.80. The van der Waals surface area contributed by atoms with Gasteiger partial charge in [-0.3, -0.25) is 4.99 Å². The van der Waals surface area contributed by atoms with E-state index in [4.69, 9.17) is 26.1 Å². The minimum atomic E-state index is 0.0125. The Morgan fingerprint density at radius 2 is 1.68 bits per heavy atom. The molecule has 4 rings (SSSR count). The van der Waals surface area contributed by atoms with Gasteiger partial charge in [0.05, 0.1) is 37.3 Å². The first kappa shape index (κ1) is 18.4. The number of hydrogen-bond acceptors (Lipinski definition) is 4. The second-order valence-electron chi connectivity index (χ2n) is 6.57. The predicted octanol–water partition coefficient (Wildman–Crippen LogP) is 6.03. The molecule has 4 nitrogen and oxygen atoms in total. The number of benzene rings is 3. The topological polar surface area (TPSA) is 42.8 Å². The van der Waals surface area contributed by atoms with Crippen molar-refractivity contribution in [2.75, 3.05) is 19.5 Å². The smallest absolute Gasteiger partial charge is 0.161 e. The highest BCUT2D eigenvalue weighted by molar-refractivity contribution is 6.34. The van der Waals surface area contributed by atoms with Crippen LogP contribution in [-0.4, -0.2) is 19.9 Å². The molecule has 0 amide bonds. The van der Waals surface area contributed by atoms with Crippen molar-refractivity contribution in [3.05, 3.63) is 82.9 Å². The van der Waals surface area contributed by atoms with E-state index in [0.717, 1.165) is 28.2 Å². The monoisotopic (exact) mass is 392 g/mol. The molecule has 0 spiro atoms. The largest absolute Gasteiger partial charge is 0.493 e. The first-order chi connectivity index (χ1) is 13.7. The number of para-hydroxylation sites is 2. The molecule has 1 aliphatic rings. The van der Waals surface area contributed by atoms with E-state index in [1.807, 2.05) is 60.7 Å². The number of halogens is 1. The molecule has 0 radical (unpaired) electrons. The Kier molecular flexibility index (Phi) is 5.22. The SMILES string of the molecule is COc1ccc(C2CC(c3ccccc3Cl)=Nc3ccccc3N2)cc1OC. The van der Waals surface area contributed by atoms with Gasteiger partial charge in [0.15, 0.2) is 11.5 Å². The lowest BCUT2D eigenvalue weighted by Crippen LogP contribution is -2.15. The summed E-state index contributed by atoms with van der Waals surface area (Å²) in [6.45, 7) is 0. The van der Waals surface area contributed by atoms with Crippen molar-refractivity contribution >= 4 is 28.7 Å². The molecule has 1 atom stereocenters. The first-order valence-corrected chi connectivity index (χ1v) is 9.47. The van der Waals surface area contributed by atoms with Gasteiger partial charge < -0.3 is 14.8 Å². The van der Waals surface area contributed by atoms with Gasteiger partial charge in [-0.15, -0.1) is 0 Å². The molecule has 0 saturated carbocycles. The fourth-order valence-corrected chi connectivity index (χ4v) is 3.70. The van der Waals surface area contributed by atoms with E-state index in [1.54, 1.807) is 14.2 Å². The zero-order valence-electron chi connectivity index (χ0n) is 15.8. The van der Waals surface area contributed by atoms with Crippen LogP contribution in [-0.2, 0) is 0 Å². The zero-order chi connectivity index (χ0) is 19.5. The van der Waals surface area contributed by atoms with E-state index in [2.05, 4.69) is 11.4 Å². The number of nitrogens with zero attached hydrogens (tertiary/aromatic N) is 1. The number of aliphatic imine (C=N–C) groups is 1. The van der Waals surface area contributed by atoms with Gasteiger partial charge in [0.1, 0.15) is 0 Å². The summed E-state index contributed by atoms with van der Waals surface area (Å²) in [5, 5.41) is 4.33. The lowest BCUT2D eigenvalue weighted by atomic mass is 9.97. The molecule has 1 aliphatic heterocycles. The fraction of sp³-hybridized carbons (Fsp3) is 0.174. The van der Waals surface area contributed by atoms with Crippen molar-refractivity contribution in [2.24, 2.45) is 4.99 Å². The van der Waals surface area contributed by atoms with Crippen LogP contribution in [0.1, 0.15) is 23.6 Å². The van der Waals surface area contributed by atoms with Gasteiger partial charge in [0, 0.05) is 17.0 Å². The van der Waals surface area contributed by atoms with Crippen LogP contribution in [0.2, 0.25) is 5.02 Å². The molecular formula is C23H21ClN2O2. The summed E-state index contributed by atoms with van der Waals surface area (Å²) in [5.41, 5.74) is 4.88. The molecule has 0 bridgehead atoms. The Morgan fingerprint density at radius 3 is 2.46 bits per heavy atom. The van der Waals surface area contributed by atoms with E-state index < -0.39 is 0 Å². The minimum absolute atomic E-state index is 0.0125. The highest BCUT2D eigenvalue weighted by Gasteiger charge is 2.23. The van der Waals surface area contributed by atoms with Gasteiger partial charge in [0.2, 0.25) is 0 Å². The molecule has 5 heteroatoms. The lowest BCUT2D eigenvalue weighted by Gasteiger charge is -2.21. The summed E-state index contributed by atoms with van der Waals surface area (Å²) in [4.78, 5) is 4.94. The van der Waals surface area contributed by atoms with Crippen LogP contribution in [0.25, 0.3) is 0 Å². The molecule has 0 aliphatic carbocycles. The van der Waals surface area contributed by atoms with E-state index in [1.165, 1.54) is 0 Å². The second-order valence-corrected chi connectivity index (χ2v) is 6.98. The molecule has 1 heterocycles. The van der Waals surface area contributed by atoms with Crippen LogP contribution in [0.3, 0.4) is 0 Å². The van der Waals surface area contributed by atoms with Crippen molar-refractivity contribution in [3.8, 4) is 11.5 Å². The molecule has 142 valence electrons. The van der Waals surface area contributed by atoms with E-state index in [0.29, 0.717) is 22.9 Å². The Labute approximate surface area is 169 Å². The van der Waals surface area contributed by atoms with Crippen molar-refractivity contribution < 1.29 is 9.47 Å². The van der Waals surface area contributed by atoms with Gasteiger partial charge in [-0.25, -0.2) is 0 Å². The summed E-state index contributed by atoms with van der Waals surface area (Å²) in [6.07, 6.45) is 0.688. The molecule has 28 heavy (non-hydrogen) atoms. The number of hydrogen-bond donors (Lipinski definition) is 1. The van der Waals surface area contributed by atoms with Crippen LogP contribution in [0.15, 0.2) is 71.7 Å². The standard InChI is InChI=1S/C23H21ClN2O2/c1-27-22-12-11-15(13-23(22)28-2)20-14-21(16-7-3-4-8-17(16)24)26-19-10-6-5-9-18(19)25-20/h3-13,20,25H,14H2,1-2H3. The number of methoxy groups -OCH3 is 2. The average molecular weight is 393 g/mol. The van der Waals surface area contributed by atoms with E-state index in [-0.39, 0.29) is 6.04 Å². The maximum Gasteiger partial charge on any atom is 0.161 e. The summed E-state index contributed by atoms with van der Waals surface area (Å²) in [6, 6.07) is 21.9. The van der Waals surface area contributed by atoms with Crippen molar-refractivity contribution in [3.63, 3.8) is 0 Å². The number of anilines is 1. The third kappa shape index (κ3) is 3.56. The van der Waals surface area contributed by atoms with Crippen LogP contribution in [0.5, 0.6) is 11.5 Å². The van der Waals surface area contributed by atoms with Crippen LogP contribution in [0.4, 0.5) is 11.4 Å². The Morgan fingerprint density at radius 1 is 0.929 bits per heavy atom. The Hall–Kier alpha value is -2.98. The molecular weight excluding hydrogens is 372 g/mol. The molecule has 3 aromatic carbocycles. The maximum absolute atomic E-state index is 6.48. The lowest BCUT2D eigenvalue weighted by molar-refractivity contribution is 0.354. The highest BCUT2D eigenvalue weighted by atomic mass is 35.5. The van der Waals surface area contributed by atoms with Crippen LogP contribution in [0, 0.1) is 0 Å². The molecule has 1 N–H and O–H groups in total. The van der Waals surface area contributed by atoms with Crippen molar-refractivity contribution in [1.29, 1.82) is 0 Å². The molecule has 0 saturated heterocycles. The fourth-order valence-electron chi connectivity index (χ4n) is 3.45. The van der Waals surface area contributed by atoms with Crippen LogP contribution < -0.4 is 14.8 Å². The van der Waals surface area contributed by atoms with Crippen LogP contribution >= 0.6 is 11.6 Å². The molecule has 3 aromatic rings. The van der Waals surface area contributed by atoms with Gasteiger partial charge >= 0.3 is 0 Å². The normalized spacial score (nSPS) is 15.7. The quantitative estimate of drug-likeness (QED) is 0.589. The van der Waals surface area contributed by atoms with Gasteiger partial charge in [0.25, 0.3) is 0 Å². The summed E-state index contributed by atoms with van der Waals surface area (Å²) in [5.74, 6) is 1.41.